The van der Waals surface area contributed by atoms with Crippen LogP contribution in [0.25, 0.3) is 0 Å². The quantitative estimate of drug-likeness (QED) is 0.900. The minimum Gasteiger partial charge on any atom is -0.457 e. The molecule has 24 heavy (non-hydrogen) atoms. The van der Waals surface area contributed by atoms with Gasteiger partial charge in [-0.1, -0.05) is 24.3 Å². The summed E-state index contributed by atoms with van der Waals surface area (Å²) >= 11 is 0. The molecule has 5 nitrogen and oxygen atoms in total. The Labute approximate surface area is 141 Å². The van der Waals surface area contributed by atoms with E-state index in [1.807, 2.05) is 48.5 Å². The van der Waals surface area contributed by atoms with Gasteiger partial charge in [0.2, 0.25) is 0 Å². The molecule has 2 amide bonds. The summed E-state index contributed by atoms with van der Waals surface area (Å²) < 4.78 is 5.78. The van der Waals surface area contributed by atoms with Gasteiger partial charge in [0.15, 0.2) is 0 Å². The average Bonchev–Trinajstić information content (AvgIpc) is 3.06. The third-order valence-electron chi connectivity index (χ3n) is 4.26. The first-order chi connectivity index (χ1) is 11.6. The van der Waals surface area contributed by atoms with Gasteiger partial charge in [-0.15, -0.1) is 0 Å². The topological polar surface area (TPSA) is 61.8 Å². The number of nitrogens with zero attached hydrogens (tertiary/aromatic N) is 1. The second-order valence-electron chi connectivity index (χ2n) is 6.11. The standard InChI is InChI=1S/C19H22N2O3/c1-14(22)15-10-11-21(13-15)19(23)20-16-6-5-9-18(12-16)24-17-7-3-2-4-8-17/h2-9,12,14-15,22H,10-11,13H2,1H3,(H,20,23)/t14-,15-/m0/s1. The van der Waals surface area contributed by atoms with Crippen LogP contribution in [-0.2, 0) is 0 Å². The third kappa shape index (κ3) is 4.06. The zero-order valence-corrected chi connectivity index (χ0v) is 13.7. The highest BCUT2D eigenvalue weighted by molar-refractivity contribution is 5.89. The number of aliphatic hydroxyl groups is 1. The van der Waals surface area contributed by atoms with E-state index in [4.69, 9.17) is 4.74 Å². The van der Waals surface area contributed by atoms with Crippen LogP contribution in [0.3, 0.4) is 0 Å². The number of aliphatic hydroxyl groups excluding tert-OH is 1. The summed E-state index contributed by atoms with van der Waals surface area (Å²) in [7, 11) is 0. The molecule has 0 spiro atoms. The fraction of sp³-hybridized carbons (Fsp3) is 0.316. The minimum absolute atomic E-state index is 0.144. The van der Waals surface area contributed by atoms with Crippen LogP contribution in [-0.4, -0.2) is 35.2 Å². The number of hydrogen-bond acceptors (Lipinski definition) is 3. The summed E-state index contributed by atoms with van der Waals surface area (Å²) in [6, 6.07) is 16.7. The lowest BCUT2D eigenvalue weighted by Crippen LogP contribution is -2.34. The van der Waals surface area contributed by atoms with Crippen molar-refractivity contribution in [2.24, 2.45) is 5.92 Å². The van der Waals surface area contributed by atoms with Crippen LogP contribution < -0.4 is 10.1 Å². The van der Waals surface area contributed by atoms with Crippen molar-refractivity contribution in [1.29, 1.82) is 0 Å². The molecule has 0 aromatic heterocycles. The maximum atomic E-state index is 12.3. The molecule has 1 saturated heterocycles. The molecule has 2 N–H and O–H groups in total. The van der Waals surface area contributed by atoms with E-state index in [9.17, 15) is 9.90 Å². The number of ether oxygens (including phenoxy) is 1. The zero-order valence-electron chi connectivity index (χ0n) is 13.7. The molecule has 3 rings (SSSR count). The van der Waals surface area contributed by atoms with E-state index in [1.54, 1.807) is 17.9 Å². The molecular formula is C19H22N2O3. The van der Waals surface area contributed by atoms with Crippen molar-refractivity contribution in [1.82, 2.24) is 4.90 Å². The molecule has 0 aliphatic carbocycles. The molecule has 2 atom stereocenters. The Bertz CT molecular complexity index is 688. The van der Waals surface area contributed by atoms with Gasteiger partial charge in [0.1, 0.15) is 11.5 Å². The number of benzene rings is 2. The van der Waals surface area contributed by atoms with E-state index in [1.165, 1.54) is 0 Å². The van der Waals surface area contributed by atoms with Crippen molar-refractivity contribution < 1.29 is 14.6 Å². The van der Waals surface area contributed by atoms with Gasteiger partial charge in [0.25, 0.3) is 0 Å². The van der Waals surface area contributed by atoms with Gasteiger partial charge in [-0.05, 0) is 37.6 Å². The van der Waals surface area contributed by atoms with E-state index in [-0.39, 0.29) is 18.1 Å². The zero-order chi connectivity index (χ0) is 16.9. The van der Waals surface area contributed by atoms with E-state index in [0.717, 1.165) is 12.2 Å². The van der Waals surface area contributed by atoms with Gasteiger partial charge in [-0.3, -0.25) is 0 Å². The van der Waals surface area contributed by atoms with Crippen molar-refractivity contribution in [3.05, 3.63) is 54.6 Å². The van der Waals surface area contributed by atoms with Crippen molar-refractivity contribution in [2.75, 3.05) is 18.4 Å². The monoisotopic (exact) mass is 326 g/mol. The summed E-state index contributed by atoms with van der Waals surface area (Å²) in [6.07, 6.45) is 0.452. The normalized spacial score (nSPS) is 18.2. The molecule has 0 radical (unpaired) electrons. The summed E-state index contributed by atoms with van der Waals surface area (Å²) in [5, 5.41) is 12.5. The number of rotatable bonds is 4. The van der Waals surface area contributed by atoms with Gasteiger partial charge in [0, 0.05) is 30.8 Å². The largest absolute Gasteiger partial charge is 0.457 e. The van der Waals surface area contributed by atoms with E-state index >= 15 is 0 Å². The molecule has 1 aliphatic heterocycles. The Morgan fingerprint density at radius 3 is 2.67 bits per heavy atom. The number of urea groups is 1. The van der Waals surface area contributed by atoms with Gasteiger partial charge < -0.3 is 20.1 Å². The lowest BCUT2D eigenvalue weighted by molar-refractivity contribution is 0.130. The molecule has 0 saturated carbocycles. The van der Waals surface area contributed by atoms with Crippen LogP contribution in [0.5, 0.6) is 11.5 Å². The maximum Gasteiger partial charge on any atom is 0.321 e. The predicted octanol–water partition coefficient (Wildman–Crippen LogP) is 3.71. The molecule has 2 aromatic rings. The van der Waals surface area contributed by atoms with Crippen LogP contribution in [0.2, 0.25) is 0 Å². The minimum atomic E-state index is -0.384. The molecule has 1 heterocycles. The van der Waals surface area contributed by atoms with Crippen LogP contribution in [0.15, 0.2) is 54.6 Å². The number of carbonyl (C=O) groups is 1. The Morgan fingerprint density at radius 2 is 1.96 bits per heavy atom. The number of hydrogen-bond donors (Lipinski definition) is 2. The third-order valence-corrected chi connectivity index (χ3v) is 4.26. The lowest BCUT2D eigenvalue weighted by atomic mass is 10.0. The highest BCUT2D eigenvalue weighted by Crippen LogP contribution is 2.25. The van der Waals surface area contributed by atoms with Crippen LogP contribution in [0, 0.1) is 5.92 Å². The average molecular weight is 326 g/mol. The van der Waals surface area contributed by atoms with Gasteiger partial charge in [-0.2, -0.15) is 0 Å². The summed E-state index contributed by atoms with van der Waals surface area (Å²) in [4.78, 5) is 14.1. The van der Waals surface area contributed by atoms with Gasteiger partial charge >= 0.3 is 6.03 Å². The Hall–Kier alpha value is -2.53. The van der Waals surface area contributed by atoms with E-state index in [2.05, 4.69) is 5.32 Å². The van der Waals surface area contributed by atoms with E-state index in [0.29, 0.717) is 24.5 Å². The Balaban J connectivity index is 1.61. The highest BCUT2D eigenvalue weighted by atomic mass is 16.5. The molecule has 0 bridgehead atoms. The Kier molecular flexibility index (Phi) is 5.01. The number of nitrogens with one attached hydrogen (secondary N) is 1. The number of para-hydroxylation sites is 1. The lowest BCUT2D eigenvalue weighted by Gasteiger charge is -2.18. The number of likely N-dealkylation sites (tertiary alicyclic amines) is 1. The molecule has 5 heteroatoms. The Morgan fingerprint density at radius 1 is 1.21 bits per heavy atom. The van der Waals surface area contributed by atoms with E-state index < -0.39 is 0 Å². The van der Waals surface area contributed by atoms with Crippen LogP contribution >= 0.6 is 0 Å². The second-order valence-corrected chi connectivity index (χ2v) is 6.11. The molecule has 1 fully saturated rings. The SMILES string of the molecule is C[C@H](O)[C@H]1CCN(C(=O)Nc2cccc(Oc3ccccc3)c2)C1. The molecule has 126 valence electrons. The summed E-state index contributed by atoms with van der Waals surface area (Å²) in [5.74, 6) is 1.58. The first-order valence-corrected chi connectivity index (χ1v) is 8.19. The van der Waals surface area contributed by atoms with Crippen molar-refractivity contribution >= 4 is 11.7 Å². The number of anilines is 1. The van der Waals surface area contributed by atoms with Crippen LogP contribution in [0.4, 0.5) is 10.5 Å². The maximum absolute atomic E-state index is 12.3. The van der Waals surface area contributed by atoms with Crippen molar-refractivity contribution in [2.45, 2.75) is 19.4 Å². The first kappa shape index (κ1) is 16.3. The second kappa shape index (κ2) is 7.36. The van der Waals surface area contributed by atoms with Gasteiger partial charge in [0.05, 0.1) is 6.10 Å². The van der Waals surface area contributed by atoms with Gasteiger partial charge in [-0.25, -0.2) is 4.79 Å². The first-order valence-electron chi connectivity index (χ1n) is 8.19. The molecular weight excluding hydrogens is 304 g/mol. The highest BCUT2D eigenvalue weighted by Gasteiger charge is 2.29. The fourth-order valence-electron chi connectivity index (χ4n) is 2.83. The summed E-state index contributed by atoms with van der Waals surface area (Å²) in [5.41, 5.74) is 0.689. The number of carbonyl (C=O) groups excluding carboxylic acids is 1. The molecule has 2 aromatic carbocycles. The molecule has 0 unspecified atom stereocenters. The van der Waals surface area contributed by atoms with Crippen molar-refractivity contribution in [3.8, 4) is 11.5 Å². The van der Waals surface area contributed by atoms with Crippen molar-refractivity contribution in [3.63, 3.8) is 0 Å². The predicted molar refractivity (Wildman–Crippen MR) is 93.3 cm³/mol. The number of amides is 2. The fourth-order valence-corrected chi connectivity index (χ4v) is 2.83. The van der Waals surface area contributed by atoms with Crippen LogP contribution in [0.1, 0.15) is 13.3 Å². The molecule has 1 aliphatic rings. The smallest absolute Gasteiger partial charge is 0.321 e. The summed E-state index contributed by atoms with van der Waals surface area (Å²) in [6.45, 7) is 3.03.